The van der Waals surface area contributed by atoms with Gasteiger partial charge in [-0.25, -0.2) is 0 Å². The molecule has 0 bridgehead atoms. The third-order valence-electron chi connectivity index (χ3n) is 3.27. The number of nitrogens with zero attached hydrogens (tertiary/aromatic N) is 2. The molecular weight excluding hydrogens is 244 g/mol. The Labute approximate surface area is 110 Å². The molecule has 98 valence electrons. The molecule has 1 saturated heterocycles. The molecule has 2 aromatic rings. The van der Waals surface area contributed by atoms with Crippen molar-refractivity contribution in [2.24, 2.45) is 0 Å². The van der Waals surface area contributed by atoms with Gasteiger partial charge in [-0.3, -0.25) is 4.79 Å². The maximum atomic E-state index is 11.6. The van der Waals surface area contributed by atoms with Gasteiger partial charge in [-0.1, -0.05) is 23.4 Å². The molecule has 1 aliphatic heterocycles. The molecule has 5 nitrogen and oxygen atoms in total. The van der Waals surface area contributed by atoms with E-state index in [0.717, 1.165) is 13.0 Å². The Morgan fingerprint density at radius 3 is 2.95 bits per heavy atom. The van der Waals surface area contributed by atoms with Crippen molar-refractivity contribution in [3.05, 3.63) is 35.7 Å². The zero-order valence-electron chi connectivity index (χ0n) is 10.6. The van der Waals surface area contributed by atoms with Crippen molar-refractivity contribution in [2.75, 3.05) is 13.2 Å². The fourth-order valence-electron chi connectivity index (χ4n) is 2.22. The molecule has 5 heteroatoms. The van der Waals surface area contributed by atoms with Gasteiger partial charge in [-0.15, -0.1) is 0 Å². The van der Waals surface area contributed by atoms with E-state index in [9.17, 15) is 4.79 Å². The van der Waals surface area contributed by atoms with E-state index >= 15 is 0 Å². The molecule has 0 amide bonds. The third-order valence-corrected chi connectivity index (χ3v) is 3.27. The Hall–Kier alpha value is -2.01. The van der Waals surface area contributed by atoms with E-state index in [1.807, 2.05) is 18.2 Å². The van der Waals surface area contributed by atoms with E-state index < -0.39 is 0 Å². The van der Waals surface area contributed by atoms with Crippen molar-refractivity contribution in [1.82, 2.24) is 10.1 Å². The maximum Gasteiger partial charge on any atom is 0.258 e. The summed E-state index contributed by atoms with van der Waals surface area (Å²) in [6.45, 7) is 2.90. The monoisotopic (exact) mass is 258 g/mol. The van der Waals surface area contributed by atoms with Crippen LogP contribution < -0.4 is 0 Å². The first-order valence-electron chi connectivity index (χ1n) is 6.27. The lowest BCUT2D eigenvalue weighted by molar-refractivity contribution is 0.101. The molecule has 1 fully saturated rings. The van der Waals surface area contributed by atoms with Gasteiger partial charge in [0, 0.05) is 18.1 Å². The van der Waals surface area contributed by atoms with Crippen LogP contribution >= 0.6 is 0 Å². The second-order valence-electron chi connectivity index (χ2n) is 4.62. The summed E-state index contributed by atoms with van der Waals surface area (Å²) in [6, 6.07) is 7.26. The van der Waals surface area contributed by atoms with Crippen molar-refractivity contribution < 1.29 is 14.1 Å². The SMILES string of the molecule is CC(=O)c1ccccc1-c1nc([C@@H]2CCOC2)no1. The molecule has 1 aliphatic rings. The molecule has 0 spiro atoms. The van der Waals surface area contributed by atoms with E-state index in [4.69, 9.17) is 9.26 Å². The van der Waals surface area contributed by atoms with E-state index in [1.54, 1.807) is 6.07 Å². The van der Waals surface area contributed by atoms with E-state index in [-0.39, 0.29) is 11.7 Å². The zero-order chi connectivity index (χ0) is 13.2. The summed E-state index contributed by atoms with van der Waals surface area (Å²) in [6.07, 6.45) is 0.910. The van der Waals surface area contributed by atoms with Crippen LogP contribution in [0.25, 0.3) is 11.5 Å². The minimum absolute atomic E-state index is 0.0143. The summed E-state index contributed by atoms with van der Waals surface area (Å²) in [7, 11) is 0. The zero-order valence-corrected chi connectivity index (χ0v) is 10.6. The minimum Gasteiger partial charge on any atom is -0.381 e. The normalized spacial score (nSPS) is 18.7. The Morgan fingerprint density at radius 1 is 1.37 bits per heavy atom. The van der Waals surface area contributed by atoms with E-state index in [2.05, 4.69) is 10.1 Å². The number of ketones is 1. The number of hydrogen-bond acceptors (Lipinski definition) is 5. The lowest BCUT2D eigenvalue weighted by Crippen LogP contribution is -2.00. The number of rotatable bonds is 3. The third kappa shape index (κ3) is 2.29. The molecule has 0 unspecified atom stereocenters. The predicted molar refractivity (Wildman–Crippen MR) is 67.9 cm³/mol. The van der Waals surface area contributed by atoms with Crippen LogP contribution in [-0.2, 0) is 4.74 Å². The molecular formula is C14H14N2O3. The number of carbonyl (C=O) groups excluding carboxylic acids is 1. The lowest BCUT2D eigenvalue weighted by atomic mass is 10.0. The maximum absolute atomic E-state index is 11.6. The van der Waals surface area contributed by atoms with Crippen molar-refractivity contribution in [3.63, 3.8) is 0 Å². The Kier molecular flexibility index (Phi) is 3.13. The Morgan fingerprint density at radius 2 is 2.21 bits per heavy atom. The van der Waals surface area contributed by atoms with Crippen molar-refractivity contribution >= 4 is 5.78 Å². The van der Waals surface area contributed by atoms with Crippen LogP contribution in [0.5, 0.6) is 0 Å². The fraction of sp³-hybridized carbons (Fsp3) is 0.357. The van der Waals surface area contributed by atoms with Crippen LogP contribution in [0.4, 0.5) is 0 Å². The molecule has 0 saturated carbocycles. The van der Waals surface area contributed by atoms with Crippen molar-refractivity contribution in [1.29, 1.82) is 0 Å². The predicted octanol–water partition coefficient (Wildman–Crippen LogP) is 2.44. The largest absolute Gasteiger partial charge is 0.381 e. The van der Waals surface area contributed by atoms with Gasteiger partial charge in [0.2, 0.25) is 0 Å². The number of benzene rings is 1. The smallest absolute Gasteiger partial charge is 0.258 e. The van der Waals surface area contributed by atoms with Gasteiger partial charge in [0.05, 0.1) is 12.2 Å². The fourth-order valence-corrected chi connectivity index (χ4v) is 2.22. The number of aromatic nitrogens is 2. The summed E-state index contributed by atoms with van der Waals surface area (Å²) in [4.78, 5) is 16.0. The van der Waals surface area contributed by atoms with Crippen LogP contribution in [0.15, 0.2) is 28.8 Å². The summed E-state index contributed by atoms with van der Waals surface area (Å²) < 4.78 is 10.6. The topological polar surface area (TPSA) is 65.2 Å². The van der Waals surface area contributed by atoms with Gasteiger partial charge >= 0.3 is 0 Å². The van der Waals surface area contributed by atoms with Gasteiger partial charge in [-0.2, -0.15) is 4.98 Å². The lowest BCUT2D eigenvalue weighted by Gasteiger charge is -2.01. The van der Waals surface area contributed by atoms with Crippen molar-refractivity contribution in [3.8, 4) is 11.5 Å². The second kappa shape index (κ2) is 4.93. The molecule has 1 atom stereocenters. The molecule has 3 rings (SSSR count). The van der Waals surface area contributed by atoms with Crippen LogP contribution in [-0.4, -0.2) is 29.1 Å². The van der Waals surface area contributed by atoms with E-state index in [0.29, 0.717) is 29.4 Å². The molecule has 0 N–H and O–H groups in total. The highest BCUT2D eigenvalue weighted by Gasteiger charge is 2.24. The number of ether oxygens (including phenoxy) is 1. The quantitative estimate of drug-likeness (QED) is 0.791. The van der Waals surface area contributed by atoms with Crippen LogP contribution in [0, 0.1) is 0 Å². The first kappa shape index (κ1) is 12.0. The molecule has 19 heavy (non-hydrogen) atoms. The minimum atomic E-state index is -0.0143. The van der Waals surface area contributed by atoms with Crippen LogP contribution in [0.1, 0.15) is 35.4 Å². The summed E-state index contributed by atoms with van der Waals surface area (Å²) in [5, 5.41) is 4.00. The average Bonchev–Trinajstić information content (AvgIpc) is 3.09. The Bertz CT molecular complexity index is 600. The molecule has 2 heterocycles. The number of hydrogen-bond donors (Lipinski definition) is 0. The molecule has 1 aromatic carbocycles. The van der Waals surface area contributed by atoms with Gasteiger partial charge in [0.25, 0.3) is 5.89 Å². The van der Waals surface area contributed by atoms with Gasteiger partial charge in [-0.05, 0) is 19.4 Å². The number of Topliss-reactive ketones (excluding diaryl/α,β-unsaturated/α-hetero) is 1. The first-order valence-corrected chi connectivity index (χ1v) is 6.27. The molecule has 0 radical (unpaired) electrons. The van der Waals surface area contributed by atoms with Gasteiger partial charge in [0.1, 0.15) is 0 Å². The van der Waals surface area contributed by atoms with Crippen molar-refractivity contribution in [2.45, 2.75) is 19.3 Å². The van der Waals surface area contributed by atoms with Crippen LogP contribution in [0.3, 0.4) is 0 Å². The van der Waals surface area contributed by atoms with E-state index in [1.165, 1.54) is 6.92 Å². The van der Waals surface area contributed by atoms with Crippen LogP contribution in [0.2, 0.25) is 0 Å². The first-order chi connectivity index (χ1) is 9.25. The van der Waals surface area contributed by atoms with Gasteiger partial charge in [0.15, 0.2) is 11.6 Å². The number of carbonyl (C=O) groups is 1. The van der Waals surface area contributed by atoms with Gasteiger partial charge < -0.3 is 9.26 Å². The Balaban J connectivity index is 1.96. The highest BCUT2D eigenvalue weighted by molar-refractivity contribution is 5.99. The molecule has 1 aromatic heterocycles. The molecule has 0 aliphatic carbocycles. The summed E-state index contributed by atoms with van der Waals surface area (Å²) in [5.74, 6) is 1.24. The highest BCUT2D eigenvalue weighted by atomic mass is 16.5. The second-order valence-corrected chi connectivity index (χ2v) is 4.62. The standard InChI is InChI=1S/C14H14N2O3/c1-9(17)11-4-2-3-5-12(11)14-15-13(16-19-14)10-6-7-18-8-10/h2-5,10H,6-8H2,1H3/t10-/m1/s1. The average molecular weight is 258 g/mol. The summed E-state index contributed by atoms with van der Waals surface area (Å²) in [5.41, 5.74) is 1.29. The summed E-state index contributed by atoms with van der Waals surface area (Å²) >= 11 is 0. The highest BCUT2D eigenvalue weighted by Crippen LogP contribution is 2.27.